The van der Waals surface area contributed by atoms with Crippen LogP contribution in [0.3, 0.4) is 0 Å². The maximum atomic E-state index is 12.2. The predicted molar refractivity (Wildman–Crippen MR) is 81.0 cm³/mol. The van der Waals surface area contributed by atoms with Crippen molar-refractivity contribution < 1.29 is 4.79 Å². The van der Waals surface area contributed by atoms with Crippen molar-refractivity contribution in [1.29, 1.82) is 0 Å². The van der Waals surface area contributed by atoms with Crippen LogP contribution in [0.5, 0.6) is 0 Å². The van der Waals surface area contributed by atoms with E-state index in [1.54, 1.807) is 22.1 Å². The zero-order valence-electron chi connectivity index (χ0n) is 11.7. The Labute approximate surface area is 125 Å². The lowest BCUT2D eigenvalue weighted by Gasteiger charge is -2.09. The molecular weight excluding hydrogens is 286 g/mol. The number of nitrogens with one attached hydrogen (secondary N) is 2. The normalized spacial score (nSPS) is 12.3. The standard InChI is InChI=1S/C14H15N5OS/c1-9(10-5-6-19(2)18-10)15-14(20)12-8-11(16-17-12)13-4-3-7-21-13/h3-9H,1-2H3,(H,15,20)(H,16,17). The van der Waals surface area contributed by atoms with E-state index in [9.17, 15) is 4.79 Å². The first kappa shape index (κ1) is 13.6. The molecule has 0 aliphatic rings. The van der Waals surface area contributed by atoms with Crippen LogP contribution in [0, 0.1) is 0 Å². The van der Waals surface area contributed by atoms with Crippen molar-refractivity contribution in [2.24, 2.45) is 7.05 Å². The number of H-pyrrole nitrogens is 1. The molecule has 6 nitrogen and oxygen atoms in total. The molecule has 0 saturated carbocycles. The molecule has 3 heterocycles. The highest BCUT2D eigenvalue weighted by Gasteiger charge is 2.16. The number of thiophene rings is 1. The Morgan fingerprint density at radius 2 is 2.33 bits per heavy atom. The number of aryl methyl sites for hydroxylation is 1. The van der Waals surface area contributed by atoms with Gasteiger partial charge in [-0.25, -0.2) is 0 Å². The molecule has 0 aliphatic carbocycles. The van der Waals surface area contributed by atoms with Gasteiger partial charge in [0.25, 0.3) is 5.91 Å². The van der Waals surface area contributed by atoms with Crippen LogP contribution >= 0.6 is 11.3 Å². The van der Waals surface area contributed by atoms with Gasteiger partial charge in [0.05, 0.1) is 22.3 Å². The van der Waals surface area contributed by atoms with Crippen LogP contribution in [-0.2, 0) is 7.05 Å². The summed E-state index contributed by atoms with van der Waals surface area (Å²) < 4.78 is 1.71. The molecule has 1 amide bonds. The van der Waals surface area contributed by atoms with E-state index in [2.05, 4.69) is 20.6 Å². The molecule has 21 heavy (non-hydrogen) atoms. The summed E-state index contributed by atoms with van der Waals surface area (Å²) in [5.41, 5.74) is 2.04. The second-order valence-corrected chi connectivity index (χ2v) is 5.70. The van der Waals surface area contributed by atoms with Crippen LogP contribution < -0.4 is 5.32 Å². The molecule has 0 aromatic carbocycles. The number of rotatable bonds is 4. The van der Waals surface area contributed by atoms with Crippen molar-refractivity contribution in [3.63, 3.8) is 0 Å². The summed E-state index contributed by atoms with van der Waals surface area (Å²) in [7, 11) is 1.85. The topological polar surface area (TPSA) is 75.6 Å². The average molecular weight is 301 g/mol. The molecule has 0 fully saturated rings. The number of carbonyl (C=O) groups is 1. The Kier molecular flexibility index (Phi) is 3.57. The number of aromatic nitrogens is 4. The Bertz CT molecular complexity index is 743. The molecule has 0 radical (unpaired) electrons. The zero-order valence-corrected chi connectivity index (χ0v) is 12.5. The molecule has 0 saturated heterocycles. The molecule has 1 unspecified atom stereocenters. The summed E-state index contributed by atoms with van der Waals surface area (Å²) in [6, 6.07) is 7.42. The first-order chi connectivity index (χ1) is 10.1. The quantitative estimate of drug-likeness (QED) is 0.776. The molecule has 3 aromatic rings. The lowest BCUT2D eigenvalue weighted by Crippen LogP contribution is -2.27. The van der Waals surface area contributed by atoms with E-state index in [0.29, 0.717) is 5.69 Å². The number of hydrogen-bond acceptors (Lipinski definition) is 4. The largest absolute Gasteiger partial charge is 0.342 e. The van der Waals surface area contributed by atoms with Crippen LogP contribution in [0.25, 0.3) is 10.6 Å². The van der Waals surface area contributed by atoms with Gasteiger partial charge < -0.3 is 5.32 Å². The van der Waals surface area contributed by atoms with Gasteiger partial charge >= 0.3 is 0 Å². The van der Waals surface area contributed by atoms with Crippen molar-refractivity contribution >= 4 is 17.2 Å². The SMILES string of the molecule is CC(NC(=O)c1cc(-c2cccs2)[nH]n1)c1ccn(C)n1. The van der Waals surface area contributed by atoms with Gasteiger partial charge in [-0.1, -0.05) is 6.07 Å². The average Bonchev–Trinajstić information content (AvgIpc) is 3.19. The van der Waals surface area contributed by atoms with E-state index in [1.807, 2.05) is 43.7 Å². The van der Waals surface area contributed by atoms with Crippen molar-refractivity contribution in [2.75, 3.05) is 0 Å². The number of nitrogens with zero attached hydrogens (tertiary/aromatic N) is 3. The molecule has 7 heteroatoms. The van der Waals surface area contributed by atoms with Crippen molar-refractivity contribution in [3.05, 3.63) is 47.2 Å². The van der Waals surface area contributed by atoms with Gasteiger partial charge in [0.15, 0.2) is 5.69 Å². The van der Waals surface area contributed by atoms with Crippen LogP contribution in [-0.4, -0.2) is 25.9 Å². The second-order valence-electron chi connectivity index (χ2n) is 4.75. The lowest BCUT2D eigenvalue weighted by atomic mass is 10.2. The van der Waals surface area contributed by atoms with E-state index >= 15 is 0 Å². The number of amides is 1. The highest BCUT2D eigenvalue weighted by Crippen LogP contribution is 2.23. The summed E-state index contributed by atoms with van der Waals surface area (Å²) in [4.78, 5) is 13.2. The fourth-order valence-electron chi connectivity index (χ4n) is 2.00. The van der Waals surface area contributed by atoms with E-state index in [1.165, 1.54) is 0 Å². The van der Waals surface area contributed by atoms with Gasteiger partial charge in [0.1, 0.15) is 0 Å². The third-order valence-corrected chi connectivity index (χ3v) is 4.03. The molecule has 1 atom stereocenters. The van der Waals surface area contributed by atoms with Gasteiger partial charge in [-0.3, -0.25) is 14.6 Å². The van der Waals surface area contributed by atoms with E-state index in [-0.39, 0.29) is 11.9 Å². The van der Waals surface area contributed by atoms with Gasteiger partial charge in [-0.15, -0.1) is 11.3 Å². The molecule has 0 aliphatic heterocycles. The minimum absolute atomic E-state index is 0.166. The maximum absolute atomic E-state index is 12.2. The third kappa shape index (κ3) is 2.87. The van der Waals surface area contributed by atoms with Crippen LogP contribution in [0.4, 0.5) is 0 Å². The Morgan fingerprint density at radius 1 is 1.48 bits per heavy atom. The van der Waals surface area contributed by atoms with Crippen molar-refractivity contribution in [1.82, 2.24) is 25.3 Å². The molecular formula is C14H15N5OS. The van der Waals surface area contributed by atoms with Gasteiger partial charge in [0.2, 0.25) is 0 Å². The van der Waals surface area contributed by atoms with Crippen molar-refractivity contribution in [2.45, 2.75) is 13.0 Å². The lowest BCUT2D eigenvalue weighted by molar-refractivity contribution is 0.0934. The number of aromatic amines is 1. The minimum atomic E-state index is -0.216. The summed E-state index contributed by atoms with van der Waals surface area (Å²) in [6.07, 6.45) is 1.85. The second kappa shape index (κ2) is 5.53. The van der Waals surface area contributed by atoms with E-state index < -0.39 is 0 Å². The van der Waals surface area contributed by atoms with Crippen LogP contribution in [0.2, 0.25) is 0 Å². The summed E-state index contributed by atoms with van der Waals surface area (Å²) in [5.74, 6) is -0.216. The molecule has 3 aromatic heterocycles. The number of carbonyl (C=O) groups excluding carboxylic acids is 1. The Hall–Kier alpha value is -2.41. The minimum Gasteiger partial charge on any atom is -0.342 e. The number of hydrogen-bond donors (Lipinski definition) is 2. The van der Waals surface area contributed by atoms with Crippen molar-refractivity contribution in [3.8, 4) is 10.6 Å². The Balaban J connectivity index is 1.71. The van der Waals surface area contributed by atoms with E-state index in [4.69, 9.17) is 0 Å². The highest BCUT2D eigenvalue weighted by atomic mass is 32.1. The van der Waals surface area contributed by atoms with Gasteiger partial charge in [-0.2, -0.15) is 10.2 Å². The van der Waals surface area contributed by atoms with Crippen LogP contribution in [0.1, 0.15) is 29.1 Å². The fraction of sp³-hybridized carbons (Fsp3) is 0.214. The monoisotopic (exact) mass is 301 g/mol. The molecule has 108 valence electrons. The summed E-state index contributed by atoms with van der Waals surface area (Å²) >= 11 is 1.60. The highest BCUT2D eigenvalue weighted by molar-refractivity contribution is 7.13. The first-order valence-corrected chi connectivity index (χ1v) is 7.41. The van der Waals surface area contributed by atoms with E-state index in [0.717, 1.165) is 16.3 Å². The van der Waals surface area contributed by atoms with Crippen LogP contribution in [0.15, 0.2) is 35.8 Å². The molecule has 3 rings (SSSR count). The maximum Gasteiger partial charge on any atom is 0.272 e. The third-order valence-electron chi connectivity index (χ3n) is 3.12. The molecule has 0 spiro atoms. The zero-order chi connectivity index (χ0) is 14.8. The summed E-state index contributed by atoms with van der Waals surface area (Å²) in [5, 5.41) is 16.1. The van der Waals surface area contributed by atoms with Gasteiger partial charge in [0, 0.05) is 13.2 Å². The molecule has 0 bridgehead atoms. The Morgan fingerprint density at radius 3 is 3.00 bits per heavy atom. The predicted octanol–water partition coefficient (Wildman–Crippen LogP) is 2.36. The first-order valence-electron chi connectivity index (χ1n) is 6.53. The summed E-state index contributed by atoms with van der Waals surface area (Å²) in [6.45, 7) is 1.90. The molecule has 2 N–H and O–H groups in total. The fourth-order valence-corrected chi connectivity index (χ4v) is 2.70. The van der Waals surface area contributed by atoms with Gasteiger partial charge in [-0.05, 0) is 30.5 Å². The smallest absolute Gasteiger partial charge is 0.272 e.